The highest BCUT2D eigenvalue weighted by molar-refractivity contribution is 6.45. The topological polar surface area (TPSA) is 74.3 Å². The maximum atomic E-state index is 14.2. The van der Waals surface area contributed by atoms with Gasteiger partial charge in [-0.1, -0.05) is 43.7 Å². The first-order chi connectivity index (χ1) is 16.3. The fraction of sp³-hybridized carbons (Fsp3) is 0.680. The predicted octanol–water partition coefficient (Wildman–Crippen LogP) is 4.94. The van der Waals surface area contributed by atoms with Crippen molar-refractivity contribution in [2.45, 2.75) is 84.1 Å². The van der Waals surface area contributed by atoms with Crippen molar-refractivity contribution in [2.75, 3.05) is 13.7 Å². The third kappa shape index (κ3) is 5.64. The molecule has 1 amide bonds. The van der Waals surface area contributed by atoms with Crippen LogP contribution in [0.15, 0.2) is 30.3 Å². The van der Waals surface area contributed by atoms with Gasteiger partial charge in [0.15, 0.2) is 0 Å². The Morgan fingerprint density at radius 3 is 2.26 bits per heavy atom. The molecule has 0 saturated carbocycles. The van der Waals surface area contributed by atoms with Gasteiger partial charge in [-0.05, 0) is 46.0 Å². The van der Waals surface area contributed by atoms with E-state index >= 15 is 0 Å². The Balaban J connectivity index is 1.74. The van der Waals surface area contributed by atoms with Gasteiger partial charge in [-0.3, -0.25) is 4.90 Å². The highest BCUT2D eigenvalue weighted by atomic mass is 19.3. The number of carbonyl (C=O) groups excluding carboxylic acids is 2. The van der Waals surface area contributed by atoms with E-state index in [2.05, 4.69) is 0 Å². The van der Waals surface area contributed by atoms with E-state index in [1.54, 1.807) is 31.2 Å². The first-order valence-corrected chi connectivity index (χ1v) is 12.0. The summed E-state index contributed by atoms with van der Waals surface area (Å²) in [5.74, 6) is -1.95. The number of methoxy groups -OCH3 is 1. The zero-order valence-electron chi connectivity index (χ0n) is 21.4. The molecule has 0 spiro atoms. The van der Waals surface area contributed by atoms with Gasteiger partial charge < -0.3 is 18.8 Å². The molecular weight excluding hydrogens is 459 g/mol. The first-order valence-electron chi connectivity index (χ1n) is 12.0. The Kier molecular flexibility index (Phi) is 8.16. The minimum atomic E-state index is -2.73. The van der Waals surface area contributed by atoms with Gasteiger partial charge in [0, 0.05) is 17.9 Å². The zero-order valence-corrected chi connectivity index (χ0v) is 21.4. The lowest BCUT2D eigenvalue weighted by Crippen LogP contribution is -2.48. The van der Waals surface area contributed by atoms with Gasteiger partial charge in [0.2, 0.25) is 6.43 Å². The van der Waals surface area contributed by atoms with Gasteiger partial charge in [-0.2, -0.15) is 0 Å². The van der Waals surface area contributed by atoms with Crippen molar-refractivity contribution in [1.82, 2.24) is 4.90 Å². The SMILES string of the molecule is COC(=O)C1N(C(=O)OCc2ccccc2)CC(C(F)F)C1(C)CCCB1OC(C)(C)C(C)(C)O1. The average molecular weight is 495 g/mol. The lowest BCUT2D eigenvalue weighted by Gasteiger charge is -2.35. The lowest BCUT2D eigenvalue weighted by atomic mass is 9.69. The smallest absolute Gasteiger partial charge is 0.457 e. The van der Waals surface area contributed by atoms with Crippen LogP contribution in [0.25, 0.3) is 0 Å². The Hall–Kier alpha value is -2.20. The fourth-order valence-corrected chi connectivity index (χ4v) is 5.00. The van der Waals surface area contributed by atoms with E-state index in [1.807, 2.05) is 33.8 Å². The summed E-state index contributed by atoms with van der Waals surface area (Å²) in [7, 11) is 0.717. The van der Waals surface area contributed by atoms with E-state index in [1.165, 1.54) is 7.11 Å². The summed E-state index contributed by atoms with van der Waals surface area (Å²) in [6.45, 7) is 9.10. The molecular formula is C25H36BF2NO6. The molecule has 2 heterocycles. The number of halogens is 2. The number of hydrogen-bond donors (Lipinski definition) is 0. The minimum Gasteiger partial charge on any atom is -0.467 e. The normalized spacial score (nSPS) is 27.3. The summed E-state index contributed by atoms with van der Waals surface area (Å²) in [4.78, 5) is 26.9. The summed E-state index contributed by atoms with van der Waals surface area (Å²) < 4.78 is 50.8. The second-order valence-corrected chi connectivity index (χ2v) is 10.6. The molecule has 2 aliphatic heterocycles. The molecule has 1 aromatic carbocycles. The number of likely N-dealkylation sites (tertiary alicyclic amines) is 1. The molecule has 0 radical (unpaired) electrons. The molecule has 3 rings (SSSR count). The molecule has 3 unspecified atom stereocenters. The van der Waals surface area contributed by atoms with Crippen LogP contribution in [-0.4, -0.2) is 61.4 Å². The molecule has 0 N–H and O–H groups in total. The van der Waals surface area contributed by atoms with E-state index in [9.17, 15) is 18.4 Å². The minimum absolute atomic E-state index is 0.0257. The lowest BCUT2D eigenvalue weighted by molar-refractivity contribution is -0.149. The standard InChI is InChI=1S/C25H36BF2NO6/c1-23(2)24(3,4)35-26(34-23)14-10-13-25(5)18(20(27)28)15-29(19(25)21(30)32-6)22(31)33-16-17-11-8-7-9-12-17/h7-9,11-12,18-20H,10,13-16H2,1-6H3. The van der Waals surface area contributed by atoms with E-state index in [4.69, 9.17) is 18.8 Å². The molecule has 0 aliphatic carbocycles. The van der Waals surface area contributed by atoms with Crippen molar-refractivity contribution >= 4 is 19.2 Å². The Bertz CT molecular complexity index is 883. The van der Waals surface area contributed by atoms with E-state index < -0.39 is 54.2 Å². The quantitative estimate of drug-likeness (QED) is 0.376. The summed E-state index contributed by atoms with van der Waals surface area (Å²) >= 11 is 0. The van der Waals surface area contributed by atoms with Crippen LogP contribution in [0.3, 0.4) is 0 Å². The highest BCUT2D eigenvalue weighted by Crippen LogP contribution is 2.49. The largest absolute Gasteiger partial charge is 0.467 e. The molecule has 0 aromatic heterocycles. The molecule has 2 aliphatic rings. The van der Waals surface area contributed by atoms with E-state index in [0.717, 1.165) is 10.5 Å². The molecule has 2 fully saturated rings. The third-order valence-electron chi connectivity index (χ3n) is 7.80. The van der Waals surface area contributed by atoms with Crippen molar-refractivity contribution in [3.8, 4) is 0 Å². The van der Waals surface area contributed by atoms with E-state index in [0.29, 0.717) is 12.7 Å². The second-order valence-electron chi connectivity index (χ2n) is 10.6. The molecule has 35 heavy (non-hydrogen) atoms. The molecule has 2 saturated heterocycles. The van der Waals surface area contributed by atoms with Gasteiger partial charge in [0.25, 0.3) is 0 Å². The number of hydrogen-bond acceptors (Lipinski definition) is 6. The number of rotatable bonds is 8. The van der Waals surface area contributed by atoms with Crippen LogP contribution in [0.1, 0.15) is 53.0 Å². The van der Waals surface area contributed by atoms with Crippen molar-refractivity contribution < 1.29 is 37.2 Å². The summed E-state index contributed by atoms with van der Waals surface area (Å²) in [6.07, 6.45) is -2.34. The summed E-state index contributed by atoms with van der Waals surface area (Å²) in [6, 6.07) is 7.84. The number of carbonyl (C=O) groups is 2. The third-order valence-corrected chi connectivity index (χ3v) is 7.80. The van der Waals surface area contributed by atoms with Gasteiger partial charge in [0.05, 0.1) is 18.3 Å². The molecule has 3 atom stereocenters. The van der Waals surface area contributed by atoms with Crippen molar-refractivity contribution in [2.24, 2.45) is 11.3 Å². The van der Waals surface area contributed by atoms with Crippen LogP contribution < -0.4 is 0 Å². The van der Waals surface area contributed by atoms with Crippen molar-refractivity contribution in [3.05, 3.63) is 35.9 Å². The number of ether oxygens (including phenoxy) is 2. The molecule has 1 aromatic rings. The molecule has 10 heteroatoms. The van der Waals surface area contributed by atoms with E-state index in [-0.39, 0.29) is 19.6 Å². The Morgan fingerprint density at radius 2 is 1.71 bits per heavy atom. The second kappa shape index (κ2) is 10.4. The van der Waals surface area contributed by atoms with Crippen LogP contribution in [0.2, 0.25) is 6.32 Å². The first kappa shape index (κ1) is 27.4. The maximum Gasteiger partial charge on any atom is 0.457 e. The summed E-state index contributed by atoms with van der Waals surface area (Å²) in [5, 5.41) is 0. The van der Waals surface area contributed by atoms with Crippen LogP contribution in [-0.2, 0) is 30.2 Å². The monoisotopic (exact) mass is 495 g/mol. The van der Waals surface area contributed by atoms with Gasteiger partial charge in [-0.25, -0.2) is 18.4 Å². The average Bonchev–Trinajstić information content (AvgIpc) is 3.21. The van der Waals surface area contributed by atoms with Crippen LogP contribution >= 0.6 is 0 Å². The van der Waals surface area contributed by atoms with Crippen molar-refractivity contribution in [3.63, 3.8) is 0 Å². The van der Waals surface area contributed by atoms with Gasteiger partial charge in [-0.15, -0.1) is 0 Å². The van der Waals surface area contributed by atoms with Crippen LogP contribution in [0.5, 0.6) is 0 Å². The molecule has 194 valence electrons. The Labute approximate surface area is 206 Å². The highest BCUT2D eigenvalue weighted by Gasteiger charge is 2.59. The predicted molar refractivity (Wildman–Crippen MR) is 127 cm³/mol. The van der Waals surface area contributed by atoms with Crippen LogP contribution in [0.4, 0.5) is 13.6 Å². The van der Waals surface area contributed by atoms with Gasteiger partial charge in [0.1, 0.15) is 12.6 Å². The van der Waals surface area contributed by atoms with Crippen molar-refractivity contribution in [1.29, 1.82) is 0 Å². The Morgan fingerprint density at radius 1 is 1.11 bits per heavy atom. The number of esters is 1. The molecule has 0 bridgehead atoms. The number of benzene rings is 1. The summed E-state index contributed by atoms with van der Waals surface area (Å²) in [5.41, 5.74) is -1.44. The van der Waals surface area contributed by atoms with Gasteiger partial charge >= 0.3 is 19.2 Å². The fourth-order valence-electron chi connectivity index (χ4n) is 5.00. The maximum absolute atomic E-state index is 14.2. The molecule has 7 nitrogen and oxygen atoms in total. The number of amides is 1. The number of alkyl halides is 2. The van der Waals surface area contributed by atoms with Crippen LogP contribution in [0, 0.1) is 11.3 Å². The number of nitrogens with zero attached hydrogens (tertiary/aromatic N) is 1. The zero-order chi connectivity index (χ0) is 26.0.